The van der Waals surface area contributed by atoms with Crippen LogP contribution in [0.2, 0.25) is 0 Å². The summed E-state index contributed by atoms with van der Waals surface area (Å²) in [4.78, 5) is 11.6. The number of carbonyl (C=O) groups is 1. The first-order valence-electron chi connectivity index (χ1n) is 7.82. The molecule has 5 nitrogen and oxygen atoms in total. The molecule has 0 fully saturated rings. The zero-order chi connectivity index (χ0) is 17.3. The van der Waals surface area contributed by atoms with Crippen molar-refractivity contribution >= 4 is 6.09 Å². The number of nitrogens with one attached hydrogen (secondary N) is 1. The molecule has 0 radical (unpaired) electrons. The fourth-order valence-electron chi connectivity index (χ4n) is 2.04. The number of nitrogens with two attached hydrogens (primary N) is 1. The van der Waals surface area contributed by atoms with Crippen molar-refractivity contribution in [1.29, 1.82) is 0 Å². The van der Waals surface area contributed by atoms with Crippen molar-refractivity contribution < 1.29 is 14.3 Å². The summed E-state index contributed by atoms with van der Waals surface area (Å²) < 4.78 is 10.7. The molecule has 5 heteroatoms. The first-order chi connectivity index (χ1) is 10.9. The van der Waals surface area contributed by atoms with Gasteiger partial charge in [0.15, 0.2) is 0 Å². The molecule has 0 bridgehead atoms. The molecule has 3 N–H and O–H groups in total. The molecule has 0 aliphatic carbocycles. The van der Waals surface area contributed by atoms with Crippen LogP contribution in [0.1, 0.15) is 37.5 Å². The SMILES string of the molecule is C=CCOCc1cc(CCNC(=O)OC(C)(C)C)ccc1CN. The third kappa shape index (κ3) is 7.81. The summed E-state index contributed by atoms with van der Waals surface area (Å²) in [5.74, 6) is 0. The van der Waals surface area contributed by atoms with Crippen LogP contribution in [0.5, 0.6) is 0 Å². The Morgan fingerprint density at radius 3 is 2.70 bits per heavy atom. The summed E-state index contributed by atoms with van der Waals surface area (Å²) in [6.07, 6.45) is 2.04. The molecule has 0 saturated heterocycles. The highest BCUT2D eigenvalue weighted by Gasteiger charge is 2.15. The van der Waals surface area contributed by atoms with Crippen LogP contribution in [0.3, 0.4) is 0 Å². The second-order valence-electron chi connectivity index (χ2n) is 6.29. The molecular weight excluding hydrogens is 292 g/mol. The van der Waals surface area contributed by atoms with Crippen molar-refractivity contribution in [3.05, 3.63) is 47.5 Å². The third-order valence-electron chi connectivity index (χ3n) is 3.07. The van der Waals surface area contributed by atoms with Gasteiger partial charge in [0.2, 0.25) is 0 Å². The number of hydrogen-bond donors (Lipinski definition) is 2. The van der Waals surface area contributed by atoms with E-state index >= 15 is 0 Å². The number of rotatable bonds is 8. The molecule has 0 unspecified atom stereocenters. The van der Waals surface area contributed by atoms with Gasteiger partial charge in [-0.15, -0.1) is 6.58 Å². The minimum Gasteiger partial charge on any atom is -0.444 e. The Kier molecular flexibility index (Phi) is 7.78. The number of alkyl carbamates (subject to hydrolysis) is 1. The number of hydrogen-bond acceptors (Lipinski definition) is 4. The van der Waals surface area contributed by atoms with E-state index in [9.17, 15) is 4.79 Å². The van der Waals surface area contributed by atoms with E-state index in [-0.39, 0.29) is 0 Å². The van der Waals surface area contributed by atoms with E-state index in [0.717, 1.165) is 23.1 Å². The smallest absolute Gasteiger partial charge is 0.407 e. The standard InChI is InChI=1S/C18H28N2O3/c1-5-10-22-13-16-11-14(6-7-15(16)12-19)8-9-20-17(21)23-18(2,3)4/h5-7,11H,1,8-10,12-13,19H2,2-4H3,(H,20,21). The van der Waals surface area contributed by atoms with Crippen LogP contribution >= 0.6 is 0 Å². The highest BCUT2D eigenvalue weighted by molar-refractivity contribution is 5.67. The van der Waals surface area contributed by atoms with Gasteiger partial charge in [-0.3, -0.25) is 0 Å². The number of carbonyl (C=O) groups excluding carboxylic acids is 1. The van der Waals surface area contributed by atoms with Crippen molar-refractivity contribution in [2.75, 3.05) is 13.2 Å². The van der Waals surface area contributed by atoms with Crippen LogP contribution in [-0.4, -0.2) is 24.8 Å². The van der Waals surface area contributed by atoms with E-state index in [1.54, 1.807) is 6.08 Å². The predicted octanol–water partition coefficient (Wildman–Crippen LogP) is 2.92. The quantitative estimate of drug-likeness (QED) is 0.570. The maximum absolute atomic E-state index is 11.6. The molecule has 0 aliphatic heterocycles. The number of amides is 1. The van der Waals surface area contributed by atoms with Crippen LogP contribution in [0.15, 0.2) is 30.9 Å². The van der Waals surface area contributed by atoms with Crippen molar-refractivity contribution in [3.8, 4) is 0 Å². The van der Waals surface area contributed by atoms with E-state index in [0.29, 0.717) is 26.3 Å². The molecule has 0 atom stereocenters. The molecular formula is C18H28N2O3. The monoisotopic (exact) mass is 320 g/mol. The molecule has 23 heavy (non-hydrogen) atoms. The zero-order valence-corrected chi connectivity index (χ0v) is 14.4. The van der Waals surface area contributed by atoms with Gasteiger partial charge in [0.25, 0.3) is 0 Å². The maximum atomic E-state index is 11.6. The topological polar surface area (TPSA) is 73.6 Å². The van der Waals surface area contributed by atoms with Gasteiger partial charge in [-0.05, 0) is 43.9 Å². The number of ether oxygens (including phenoxy) is 2. The fourth-order valence-corrected chi connectivity index (χ4v) is 2.04. The van der Waals surface area contributed by atoms with Crippen molar-refractivity contribution in [1.82, 2.24) is 5.32 Å². The van der Waals surface area contributed by atoms with E-state index in [2.05, 4.69) is 18.0 Å². The molecule has 1 aromatic carbocycles. The van der Waals surface area contributed by atoms with E-state index in [1.807, 2.05) is 32.9 Å². The summed E-state index contributed by atoms with van der Waals surface area (Å²) >= 11 is 0. The van der Waals surface area contributed by atoms with Crippen LogP contribution < -0.4 is 11.1 Å². The van der Waals surface area contributed by atoms with Crippen LogP contribution in [0.4, 0.5) is 4.79 Å². The van der Waals surface area contributed by atoms with Gasteiger partial charge < -0.3 is 20.5 Å². The highest BCUT2D eigenvalue weighted by atomic mass is 16.6. The fraction of sp³-hybridized carbons (Fsp3) is 0.500. The molecule has 0 spiro atoms. The van der Waals surface area contributed by atoms with Gasteiger partial charge in [0, 0.05) is 13.1 Å². The Labute approximate surface area is 138 Å². The summed E-state index contributed by atoms with van der Waals surface area (Å²) in [5, 5.41) is 2.76. The van der Waals surface area contributed by atoms with Gasteiger partial charge in [0.05, 0.1) is 13.2 Å². The van der Waals surface area contributed by atoms with Gasteiger partial charge in [-0.2, -0.15) is 0 Å². The lowest BCUT2D eigenvalue weighted by atomic mass is 10.0. The van der Waals surface area contributed by atoms with E-state index in [1.165, 1.54) is 0 Å². The van der Waals surface area contributed by atoms with Gasteiger partial charge in [-0.1, -0.05) is 24.3 Å². The van der Waals surface area contributed by atoms with Crippen LogP contribution in [-0.2, 0) is 29.0 Å². The molecule has 128 valence electrons. The first-order valence-corrected chi connectivity index (χ1v) is 7.82. The zero-order valence-electron chi connectivity index (χ0n) is 14.4. The van der Waals surface area contributed by atoms with Gasteiger partial charge in [0.1, 0.15) is 5.60 Å². The largest absolute Gasteiger partial charge is 0.444 e. The third-order valence-corrected chi connectivity index (χ3v) is 3.07. The molecule has 1 rings (SSSR count). The second kappa shape index (κ2) is 9.33. The lowest BCUT2D eigenvalue weighted by Crippen LogP contribution is -2.33. The van der Waals surface area contributed by atoms with E-state index < -0.39 is 11.7 Å². The Morgan fingerprint density at radius 1 is 1.35 bits per heavy atom. The minimum absolute atomic E-state index is 0.398. The van der Waals surface area contributed by atoms with Crippen molar-refractivity contribution in [2.45, 2.75) is 45.9 Å². The normalized spacial score (nSPS) is 11.1. The van der Waals surface area contributed by atoms with Crippen molar-refractivity contribution in [3.63, 3.8) is 0 Å². The summed E-state index contributed by atoms with van der Waals surface area (Å²) in [6.45, 7) is 11.2. The maximum Gasteiger partial charge on any atom is 0.407 e. The first kappa shape index (κ1) is 19.2. The van der Waals surface area contributed by atoms with E-state index in [4.69, 9.17) is 15.2 Å². The predicted molar refractivity (Wildman–Crippen MR) is 92.1 cm³/mol. The Balaban J connectivity index is 2.55. The molecule has 0 heterocycles. The lowest BCUT2D eigenvalue weighted by Gasteiger charge is -2.19. The molecule has 0 saturated carbocycles. The Morgan fingerprint density at radius 2 is 2.09 bits per heavy atom. The Bertz CT molecular complexity index is 521. The summed E-state index contributed by atoms with van der Waals surface area (Å²) in [6, 6.07) is 6.10. The lowest BCUT2D eigenvalue weighted by molar-refractivity contribution is 0.0528. The summed E-state index contributed by atoms with van der Waals surface area (Å²) in [7, 11) is 0. The minimum atomic E-state index is -0.484. The van der Waals surface area contributed by atoms with Crippen LogP contribution in [0, 0.1) is 0 Å². The molecule has 1 amide bonds. The molecule has 0 aliphatic rings. The Hall–Kier alpha value is -1.85. The average molecular weight is 320 g/mol. The molecule has 1 aromatic rings. The van der Waals surface area contributed by atoms with Gasteiger partial charge in [-0.25, -0.2) is 4.79 Å². The molecule has 0 aromatic heterocycles. The summed E-state index contributed by atoms with van der Waals surface area (Å²) in [5.41, 5.74) is 8.53. The number of benzene rings is 1. The highest BCUT2D eigenvalue weighted by Crippen LogP contribution is 2.14. The van der Waals surface area contributed by atoms with Gasteiger partial charge >= 0.3 is 6.09 Å². The van der Waals surface area contributed by atoms with Crippen molar-refractivity contribution in [2.24, 2.45) is 5.73 Å². The average Bonchev–Trinajstić information content (AvgIpc) is 2.46. The second-order valence-corrected chi connectivity index (χ2v) is 6.29. The van der Waals surface area contributed by atoms with Crippen LogP contribution in [0.25, 0.3) is 0 Å².